The third-order valence-electron chi connectivity index (χ3n) is 4.15. The highest BCUT2D eigenvalue weighted by atomic mass is 32.2. The number of piperidine rings is 1. The second kappa shape index (κ2) is 7.63. The summed E-state index contributed by atoms with van der Waals surface area (Å²) in [4.78, 5) is 17.0. The van der Waals surface area contributed by atoms with E-state index >= 15 is 0 Å². The molecule has 0 unspecified atom stereocenters. The molecule has 6 nitrogen and oxygen atoms in total. The minimum Gasteiger partial charge on any atom is -0.347 e. The molecule has 3 rings (SSSR count). The number of aryl methyl sites for hydroxylation is 1. The first-order chi connectivity index (χ1) is 12.0. The molecule has 0 saturated carbocycles. The highest BCUT2D eigenvalue weighted by Crippen LogP contribution is 2.21. The molecule has 134 valence electrons. The third kappa shape index (κ3) is 4.26. The summed E-state index contributed by atoms with van der Waals surface area (Å²) in [6, 6.07) is 6.78. The van der Waals surface area contributed by atoms with Crippen LogP contribution in [0.3, 0.4) is 0 Å². The normalized spacial score (nSPS) is 15.9. The van der Waals surface area contributed by atoms with E-state index in [0.717, 1.165) is 29.8 Å². The lowest BCUT2D eigenvalue weighted by Crippen LogP contribution is -2.35. The van der Waals surface area contributed by atoms with Crippen molar-refractivity contribution in [1.82, 2.24) is 14.6 Å². The fourth-order valence-electron chi connectivity index (χ4n) is 2.81. The summed E-state index contributed by atoms with van der Waals surface area (Å²) in [7, 11) is -3.46. The van der Waals surface area contributed by atoms with E-state index in [9.17, 15) is 13.2 Å². The molecule has 0 aliphatic carbocycles. The summed E-state index contributed by atoms with van der Waals surface area (Å²) in [6.45, 7) is 3.28. The van der Waals surface area contributed by atoms with Crippen LogP contribution in [0, 0.1) is 6.92 Å². The Hall–Kier alpha value is -1.77. The zero-order valence-electron chi connectivity index (χ0n) is 14.1. The highest BCUT2D eigenvalue weighted by molar-refractivity contribution is 7.89. The van der Waals surface area contributed by atoms with Crippen LogP contribution in [0.25, 0.3) is 0 Å². The summed E-state index contributed by atoms with van der Waals surface area (Å²) < 4.78 is 27.0. The van der Waals surface area contributed by atoms with Gasteiger partial charge in [0.15, 0.2) is 0 Å². The molecule has 1 saturated heterocycles. The van der Waals surface area contributed by atoms with Crippen molar-refractivity contribution in [2.45, 2.75) is 37.6 Å². The predicted molar refractivity (Wildman–Crippen MR) is 97.1 cm³/mol. The van der Waals surface area contributed by atoms with E-state index in [2.05, 4.69) is 10.3 Å². The van der Waals surface area contributed by atoms with Crippen molar-refractivity contribution in [1.29, 1.82) is 0 Å². The Kier molecular flexibility index (Phi) is 5.51. The van der Waals surface area contributed by atoms with Crippen LogP contribution in [-0.2, 0) is 16.6 Å². The number of sulfonamides is 1. The van der Waals surface area contributed by atoms with E-state index < -0.39 is 10.0 Å². The molecule has 1 aliphatic rings. The van der Waals surface area contributed by atoms with Gasteiger partial charge in [0.2, 0.25) is 10.0 Å². The van der Waals surface area contributed by atoms with Gasteiger partial charge in [0.25, 0.3) is 5.91 Å². The molecule has 0 bridgehead atoms. The van der Waals surface area contributed by atoms with Gasteiger partial charge >= 0.3 is 0 Å². The number of nitrogens with one attached hydrogen (secondary N) is 1. The van der Waals surface area contributed by atoms with Crippen molar-refractivity contribution in [3.8, 4) is 0 Å². The Morgan fingerprint density at radius 1 is 1.28 bits per heavy atom. The van der Waals surface area contributed by atoms with Crippen LogP contribution in [-0.4, -0.2) is 36.7 Å². The molecule has 0 atom stereocenters. The lowest BCUT2D eigenvalue weighted by molar-refractivity contribution is 0.0954. The summed E-state index contributed by atoms with van der Waals surface area (Å²) in [6.07, 6.45) is 4.44. The van der Waals surface area contributed by atoms with Gasteiger partial charge in [0, 0.05) is 19.6 Å². The van der Waals surface area contributed by atoms with Crippen LogP contribution >= 0.6 is 11.3 Å². The molecule has 2 aromatic rings. The maximum atomic E-state index is 12.7. The van der Waals surface area contributed by atoms with E-state index in [1.807, 2.05) is 13.0 Å². The van der Waals surface area contributed by atoms with Crippen molar-refractivity contribution in [2.75, 3.05) is 13.1 Å². The molecular formula is C17H21N3O3S2. The average molecular weight is 380 g/mol. The van der Waals surface area contributed by atoms with E-state index in [1.54, 1.807) is 28.7 Å². The topological polar surface area (TPSA) is 79.4 Å². The predicted octanol–water partition coefficient (Wildman–Crippen LogP) is 2.56. The molecule has 1 N–H and O–H groups in total. The molecule has 1 aliphatic heterocycles. The molecule has 25 heavy (non-hydrogen) atoms. The van der Waals surface area contributed by atoms with Crippen molar-refractivity contribution in [3.05, 3.63) is 45.9 Å². The maximum absolute atomic E-state index is 12.7. The van der Waals surface area contributed by atoms with Crippen LogP contribution in [0.2, 0.25) is 0 Å². The van der Waals surface area contributed by atoms with Crippen molar-refractivity contribution < 1.29 is 13.2 Å². The molecule has 0 radical (unpaired) electrons. The number of hydrogen-bond donors (Lipinski definition) is 1. The van der Waals surface area contributed by atoms with E-state index in [0.29, 0.717) is 18.0 Å². The first kappa shape index (κ1) is 18.0. The monoisotopic (exact) mass is 379 g/mol. The zero-order chi connectivity index (χ0) is 17.9. The van der Waals surface area contributed by atoms with Crippen molar-refractivity contribution >= 4 is 27.3 Å². The van der Waals surface area contributed by atoms with Gasteiger partial charge in [-0.2, -0.15) is 4.31 Å². The SMILES string of the molecule is Cc1ncc(C(=O)NCc2cccc(S(=O)(=O)N3CCCCC3)c2)s1. The molecule has 2 heterocycles. The Morgan fingerprint density at radius 2 is 2.04 bits per heavy atom. The van der Waals surface area contributed by atoms with Crippen LogP contribution < -0.4 is 5.32 Å². The number of carbonyl (C=O) groups excluding carboxylic acids is 1. The largest absolute Gasteiger partial charge is 0.347 e. The minimum atomic E-state index is -3.46. The average Bonchev–Trinajstić information content (AvgIpc) is 3.07. The molecule has 1 amide bonds. The van der Waals surface area contributed by atoms with Crippen molar-refractivity contribution in [3.63, 3.8) is 0 Å². The maximum Gasteiger partial charge on any atom is 0.263 e. The van der Waals surface area contributed by atoms with Gasteiger partial charge in [0.05, 0.1) is 16.1 Å². The summed E-state index contributed by atoms with van der Waals surface area (Å²) >= 11 is 1.33. The standard InChI is InChI=1S/C17H21N3O3S2/c1-13-18-12-16(24-13)17(21)19-11-14-6-5-7-15(10-14)25(22,23)20-8-3-2-4-9-20/h5-7,10,12H,2-4,8-9,11H2,1H3,(H,19,21). The number of thiazole rings is 1. The molecule has 8 heteroatoms. The lowest BCUT2D eigenvalue weighted by Gasteiger charge is -2.26. The number of carbonyl (C=O) groups is 1. The second-order valence-electron chi connectivity index (χ2n) is 6.04. The molecule has 1 aromatic heterocycles. The molecule has 1 aromatic carbocycles. The fourth-order valence-corrected chi connectivity index (χ4v) is 5.09. The number of nitrogens with zero attached hydrogens (tertiary/aromatic N) is 2. The quantitative estimate of drug-likeness (QED) is 0.866. The lowest BCUT2D eigenvalue weighted by atomic mass is 10.2. The molecular weight excluding hydrogens is 358 g/mol. The second-order valence-corrected chi connectivity index (χ2v) is 9.21. The zero-order valence-corrected chi connectivity index (χ0v) is 15.7. The third-order valence-corrected chi connectivity index (χ3v) is 6.96. The highest BCUT2D eigenvalue weighted by Gasteiger charge is 2.25. The number of rotatable bonds is 5. The van der Waals surface area contributed by atoms with Crippen LogP contribution in [0.1, 0.15) is 39.5 Å². The number of amides is 1. The first-order valence-corrected chi connectivity index (χ1v) is 10.5. The summed E-state index contributed by atoms with van der Waals surface area (Å²) in [5, 5.41) is 3.64. The Labute approximate surface area is 151 Å². The molecule has 1 fully saturated rings. The smallest absolute Gasteiger partial charge is 0.263 e. The number of benzene rings is 1. The first-order valence-electron chi connectivity index (χ1n) is 8.26. The Morgan fingerprint density at radius 3 is 2.72 bits per heavy atom. The van der Waals surface area contributed by atoms with E-state index in [-0.39, 0.29) is 17.3 Å². The van der Waals surface area contributed by atoms with Gasteiger partial charge in [-0.1, -0.05) is 18.6 Å². The van der Waals surface area contributed by atoms with Crippen LogP contribution in [0.5, 0.6) is 0 Å². The number of hydrogen-bond acceptors (Lipinski definition) is 5. The van der Waals surface area contributed by atoms with Gasteiger partial charge in [-0.15, -0.1) is 11.3 Å². The van der Waals surface area contributed by atoms with E-state index in [4.69, 9.17) is 0 Å². The van der Waals surface area contributed by atoms with Gasteiger partial charge in [-0.3, -0.25) is 4.79 Å². The number of aromatic nitrogens is 1. The fraction of sp³-hybridized carbons (Fsp3) is 0.412. The summed E-state index contributed by atoms with van der Waals surface area (Å²) in [5.41, 5.74) is 0.757. The van der Waals surface area contributed by atoms with Gasteiger partial charge < -0.3 is 5.32 Å². The van der Waals surface area contributed by atoms with Gasteiger partial charge in [-0.05, 0) is 37.5 Å². The molecule has 0 spiro atoms. The Balaban J connectivity index is 1.70. The van der Waals surface area contributed by atoms with Crippen molar-refractivity contribution in [2.24, 2.45) is 0 Å². The van der Waals surface area contributed by atoms with E-state index in [1.165, 1.54) is 11.3 Å². The Bertz CT molecular complexity index is 856. The minimum absolute atomic E-state index is 0.199. The van der Waals surface area contributed by atoms with Gasteiger partial charge in [-0.25, -0.2) is 13.4 Å². The van der Waals surface area contributed by atoms with Gasteiger partial charge in [0.1, 0.15) is 4.88 Å². The summed E-state index contributed by atoms with van der Waals surface area (Å²) in [5.74, 6) is -0.199. The van der Waals surface area contributed by atoms with Crippen LogP contribution in [0.15, 0.2) is 35.4 Å². The van der Waals surface area contributed by atoms with Crippen LogP contribution in [0.4, 0.5) is 0 Å².